The van der Waals surface area contributed by atoms with Crippen molar-refractivity contribution in [2.75, 3.05) is 17.3 Å². The van der Waals surface area contributed by atoms with E-state index in [1.165, 1.54) is 16.3 Å². The van der Waals surface area contributed by atoms with Crippen LogP contribution in [0.1, 0.15) is 24.8 Å². The van der Waals surface area contributed by atoms with Crippen molar-refractivity contribution in [2.45, 2.75) is 36.5 Å². The van der Waals surface area contributed by atoms with Crippen molar-refractivity contribution < 1.29 is 13.2 Å². The average molecular weight is 495 g/mol. The molecule has 2 aliphatic rings. The first-order valence-electron chi connectivity index (χ1n) is 11.0. The van der Waals surface area contributed by atoms with Crippen LogP contribution in [0, 0.1) is 11.3 Å². The Morgan fingerprint density at radius 3 is 2.50 bits per heavy atom. The number of carbonyl (C=O) groups excluding carboxylic acids is 1. The van der Waals surface area contributed by atoms with E-state index in [4.69, 9.17) is 5.26 Å². The summed E-state index contributed by atoms with van der Waals surface area (Å²) in [7, 11) is -3.11. The summed E-state index contributed by atoms with van der Waals surface area (Å²) in [6, 6.07) is 15.5. The molecule has 174 valence electrons. The Bertz CT molecular complexity index is 1470. The average Bonchev–Trinajstić information content (AvgIpc) is 3.60. The summed E-state index contributed by atoms with van der Waals surface area (Å²) in [6.07, 6.45) is 2.24. The Morgan fingerprint density at radius 2 is 1.85 bits per heavy atom. The largest absolute Gasteiger partial charge is 0.335 e. The van der Waals surface area contributed by atoms with Crippen LogP contribution in [0.4, 0.5) is 0 Å². The smallest absolute Gasteiger partial charge is 0.266 e. The Balaban J connectivity index is 1.47. The van der Waals surface area contributed by atoms with Gasteiger partial charge in [-0.15, -0.1) is 0 Å². The summed E-state index contributed by atoms with van der Waals surface area (Å²) in [6.45, 7) is 0. The molecule has 1 unspecified atom stereocenters. The van der Waals surface area contributed by atoms with Gasteiger partial charge in [-0.2, -0.15) is 5.26 Å². The lowest BCUT2D eigenvalue weighted by atomic mass is 10.2. The lowest BCUT2D eigenvalue weighted by Gasteiger charge is -2.28. The first-order chi connectivity index (χ1) is 16.4. The second kappa shape index (κ2) is 8.89. The maximum absolute atomic E-state index is 13.4. The third-order valence-corrected chi connectivity index (χ3v) is 8.83. The fraction of sp³-hybridized carbons (Fsp3) is 0.333. The number of benzene rings is 2. The van der Waals surface area contributed by atoms with Gasteiger partial charge in [0.05, 0.1) is 45.5 Å². The summed E-state index contributed by atoms with van der Waals surface area (Å²) in [5.41, 5.74) is 1.30. The number of para-hydroxylation sites is 1. The number of nitriles is 1. The topological polar surface area (TPSA) is 113 Å². The molecule has 1 saturated carbocycles. The van der Waals surface area contributed by atoms with E-state index in [1.807, 2.05) is 0 Å². The van der Waals surface area contributed by atoms with Crippen molar-refractivity contribution in [2.24, 2.45) is 0 Å². The molecule has 1 atom stereocenters. The van der Waals surface area contributed by atoms with Gasteiger partial charge in [0.15, 0.2) is 15.0 Å². The SMILES string of the molecule is N#Cc1ccc(-n2c(SCC(=O)N(C3CC3)C3CCS(=O)(=O)C3)nc3ccccc3c2=O)cc1. The van der Waals surface area contributed by atoms with Gasteiger partial charge in [0.25, 0.3) is 5.56 Å². The van der Waals surface area contributed by atoms with E-state index < -0.39 is 9.84 Å². The molecular formula is C24H22N4O4S2. The fourth-order valence-electron chi connectivity index (χ4n) is 4.38. The van der Waals surface area contributed by atoms with E-state index in [0.29, 0.717) is 33.7 Å². The van der Waals surface area contributed by atoms with E-state index >= 15 is 0 Å². The van der Waals surface area contributed by atoms with Gasteiger partial charge in [-0.05, 0) is 55.7 Å². The molecule has 5 rings (SSSR count). The second-order valence-electron chi connectivity index (χ2n) is 8.59. The molecule has 0 bridgehead atoms. The first-order valence-corrected chi connectivity index (χ1v) is 13.8. The van der Waals surface area contributed by atoms with E-state index in [2.05, 4.69) is 11.1 Å². The van der Waals surface area contributed by atoms with Crippen LogP contribution in [0.25, 0.3) is 16.6 Å². The van der Waals surface area contributed by atoms with E-state index in [-0.39, 0.29) is 40.8 Å². The van der Waals surface area contributed by atoms with Gasteiger partial charge in [0.2, 0.25) is 5.91 Å². The maximum Gasteiger partial charge on any atom is 0.266 e. The molecular weight excluding hydrogens is 472 g/mol. The number of fused-ring (bicyclic) bond motifs is 1. The van der Waals surface area contributed by atoms with Crippen molar-refractivity contribution in [3.8, 4) is 11.8 Å². The van der Waals surface area contributed by atoms with E-state index in [0.717, 1.165) is 12.8 Å². The summed E-state index contributed by atoms with van der Waals surface area (Å²) in [4.78, 5) is 33.0. The standard InChI is InChI=1S/C24H22N4O4S2/c25-13-16-5-7-18(8-6-16)28-23(30)20-3-1-2-4-21(20)26-24(28)33-14-22(29)27(17-9-10-17)19-11-12-34(31,32)15-19/h1-8,17,19H,9-12,14-15H2. The highest BCUT2D eigenvalue weighted by atomic mass is 32.2. The van der Waals surface area contributed by atoms with Gasteiger partial charge in [0, 0.05) is 12.1 Å². The zero-order valence-corrected chi connectivity index (χ0v) is 19.9. The summed E-state index contributed by atoms with van der Waals surface area (Å²) >= 11 is 1.17. The van der Waals surface area contributed by atoms with Crippen LogP contribution < -0.4 is 5.56 Å². The van der Waals surface area contributed by atoms with Crippen LogP contribution in [-0.2, 0) is 14.6 Å². The van der Waals surface area contributed by atoms with Gasteiger partial charge >= 0.3 is 0 Å². The summed E-state index contributed by atoms with van der Waals surface area (Å²) in [5.74, 6) is 0.0487. The zero-order chi connectivity index (χ0) is 23.9. The van der Waals surface area contributed by atoms with Crippen LogP contribution in [0.2, 0.25) is 0 Å². The van der Waals surface area contributed by atoms with E-state index in [9.17, 15) is 18.0 Å². The van der Waals surface area contributed by atoms with Gasteiger partial charge in [-0.1, -0.05) is 23.9 Å². The van der Waals surface area contributed by atoms with Crippen LogP contribution in [0.3, 0.4) is 0 Å². The number of thioether (sulfide) groups is 1. The van der Waals surface area contributed by atoms with E-state index in [1.54, 1.807) is 53.4 Å². The molecule has 1 saturated heterocycles. The molecule has 0 N–H and O–H groups in total. The Morgan fingerprint density at radius 1 is 1.12 bits per heavy atom. The summed E-state index contributed by atoms with van der Waals surface area (Å²) < 4.78 is 25.4. The maximum atomic E-state index is 13.4. The minimum atomic E-state index is -3.11. The Hall–Kier alpha value is -3.16. The minimum Gasteiger partial charge on any atom is -0.335 e. The van der Waals surface area contributed by atoms with Crippen molar-refractivity contribution in [1.82, 2.24) is 14.5 Å². The molecule has 1 aliphatic heterocycles. The van der Waals surface area contributed by atoms with Crippen LogP contribution in [-0.4, -0.2) is 58.1 Å². The van der Waals surface area contributed by atoms with Crippen molar-refractivity contribution in [3.05, 3.63) is 64.4 Å². The number of hydrogen-bond acceptors (Lipinski definition) is 7. The molecule has 8 nitrogen and oxygen atoms in total. The highest BCUT2D eigenvalue weighted by Crippen LogP contribution is 2.33. The number of amides is 1. The lowest BCUT2D eigenvalue weighted by Crippen LogP contribution is -2.43. The highest BCUT2D eigenvalue weighted by molar-refractivity contribution is 7.99. The monoisotopic (exact) mass is 494 g/mol. The number of aromatic nitrogens is 2. The quantitative estimate of drug-likeness (QED) is 0.382. The van der Waals surface area contributed by atoms with Crippen LogP contribution in [0.15, 0.2) is 58.5 Å². The van der Waals surface area contributed by atoms with Crippen molar-refractivity contribution in [3.63, 3.8) is 0 Å². The molecule has 10 heteroatoms. The summed E-state index contributed by atoms with van der Waals surface area (Å²) in [5, 5.41) is 9.93. The molecule has 2 fully saturated rings. The lowest BCUT2D eigenvalue weighted by molar-refractivity contribution is -0.130. The third kappa shape index (κ3) is 4.45. The van der Waals surface area contributed by atoms with Crippen molar-refractivity contribution >= 4 is 38.4 Å². The Kier molecular flexibility index (Phi) is 5.91. The molecule has 2 heterocycles. The molecule has 3 aromatic rings. The van der Waals surface area contributed by atoms with Crippen molar-refractivity contribution in [1.29, 1.82) is 5.26 Å². The number of carbonyl (C=O) groups is 1. The predicted molar refractivity (Wildman–Crippen MR) is 130 cm³/mol. The highest BCUT2D eigenvalue weighted by Gasteiger charge is 2.42. The number of sulfone groups is 1. The minimum absolute atomic E-state index is 0.0179. The number of nitrogens with zero attached hydrogens (tertiary/aromatic N) is 4. The number of hydrogen-bond donors (Lipinski definition) is 0. The second-order valence-corrected chi connectivity index (χ2v) is 11.8. The molecule has 1 aliphatic carbocycles. The normalized spacial score (nSPS) is 19.1. The number of rotatable bonds is 6. The fourth-order valence-corrected chi connectivity index (χ4v) is 6.97. The predicted octanol–water partition coefficient (Wildman–Crippen LogP) is 2.53. The van der Waals surface area contributed by atoms with Crippen LogP contribution in [0.5, 0.6) is 0 Å². The third-order valence-electron chi connectivity index (χ3n) is 6.15. The molecule has 2 aromatic carbocycles. The molecule has 1 aromatic heterocycles. The van der Waals surface area contributed by atoms with Gasteiger partial charge in [-0.25, -0.2) is 13.4 Å². The Labute approximate surface area is 201 Å². The first kappa shape index (κ1) is 22.6. The van der Waals surface area contributed by atoms with Crippen LogP contribution >= 0.6 is 11.8 Å². The molecule has 1 amide bonds. The molecule has 34 heavy (non-hydrogen) atoms. The zero-order valence-electron chi connectivity index (χ0n) is 18.3. The van der Waals surface area contributed by atoms with Gasteiger partial charge in [0.1, 0.15) is 0 Å². The molecule has 0 radical (unpaired) electrons. The van der Waals surface area contributed by atoms with Gasteiger partial charge in [-0.3, -0.25) is 14.2 Å². The van der Waals surface area contributed by atoms with Gasteiger partial charge < -0.3 is 4.90 Å². The molecule has 0 spiro atoms.